The number of hydrogen-bond acceptors (Lipinski definition) is 6. The van der Waals surface area contributed by atoms with Gasteiger partial charge in [-0.25, -0.2) is 8.42 Å². The second-order valence-corrected chi connectivity index (χ2v) is 11.7. The topological polar surface area (TPSA) is 105 Å². The van der Waals surface area contributed by atoms with Gasteiger partial charge in [0.25, 0.3) is 0 Å². The Bertz CT molecular complexity index is 1250. The highest BCUT2D eigenvalue weighted by Crippen LogP contribution is 2.35. The third kappa shape index (κ3) is 7.43. The standard InChI is InChI=1S/C25H31Cl2N3O6S/c1-5-21(25(32)28-16(2)3)29(14-17-6-8-19(26)20(27)12-17)24(31)15-30(37(4,33)34)18-7-9-22-23(13-18)36-11-10-35-22/h6-9,12-13,16,21H,5,10-11,14-15H2,1-4H3,(H,28,32)/t21-/m0/s1. The third-order valence-corrected chi connectivity index (χ3v) is 7.53. The molecule has 2 aromatic carbocycles. The highest BCUT2D eigenvalue weighted by atomic mass is 35.5. The van der Waals surface area contributed by atoms with Gasteiger partial charge in [-0.3, -0.25) is 13.9 Å². The monoisotopic (exact) mass is 571 g/mol. The predicted octanol–water partition coefficient (Wildman–Crippen LogP) is 3.86. The number of ether oxygens (including phenoxy) is 2. The average Bonchev–Trinajstić information content (AvgIpc) is 2.83. The van der Waals surface area contributed by atoms with E-state index >= 15 is 0 Å². The zero-order valence-electron chi connectivity index (χ0n) is 21.2. The molecule has 0 fully saturated rings. The van der Waals surface area contributed by atoms with Crippen molar-refractivity contribution in [2.75, 3.05) is 30.3 Å². The predicted molar refractivity (Wildman–Crippen MR) is 144 cm³/mol. The Hall–Kier alpha value is -2.69. The number of fused-ring (bicyclic) bond motifs is 1. The molecule has 2 aromatic rings. The van der Waals surface area contributed by atoms with Crippen molar-refractivity contribution < 1.29 is 27.5 Å². The number of amides is 2. The number of nitrogens with zero attached hydrogens (tertiary/aromatic N) is 2. The molecule has 0 aromatic heterocycles. The molecule has 1 heterocycles. The highest BCUT2D eigenvalue weighted by Gasteiger charge is 2.32. The minimum atomic E-state index is -3.88. The SMILES string of the molecule is CC[C@@H](C(=O)NC(C)C)N(Cc1ccc(Cl)c(Cl)c1)C(=O)CN(c1ccc2c(c1)OCCO2)S(C)(=O)=O. The number of anilines is 1. The van der Waals surface area contributed by atoms with Crippen LogP contribution in [0.4, 0.5) is 5.69 Å². The van der Waals surface area contributed by atoms with Gasteiger partial charge in [-0.05, 0) is 50.1 Å². The van der Waals surface area contributed by atoms with Crippen LogP contribution in [0.25, 0.3) is 0 Å². The van der Waals surface area contributed by atoms with E-state index in [4.69, 9.17) is 32.7 Å². The molecule has 1 atom stereocenters. The van der Waals surface area contributed by atoms with Crippen molar-refractivity contribution in [2.24, 2.45) is 0 Å². The van der Waals surface area contributed by atoms with E-state index < -0.39 is 28.5 Å². The molecule has 1 N–H and O–H groups in total. The van der Waals surface area contributed by atoms with Crippen molar-refractivity contribution >= 4 is 50.7 Å². The maximum absolute atomic E-state index is 13.7. The molecule has 9 nitrogen and oxygen atoms in total. The van der Waals surface area contributed by atoms with Crippen molar-refractivity contribution in [3.05, 3.63) is 52.0 Å². The zero-order chi connectivity index (χ0) is 27.3. The highest BCUT2D eigenvalue weighted by molar-refractivity contribution is 7.92. The maximum atomic E-state index is 13.7. The largest absolute Gasteiger partial charge is 0.486 e. The fourth-order valence-electron chi connectivity index (χ4n) is 3.94. The summed E-state index contributed by atoms with van der Waals surface area (Å²) in [6.07, 6.45) is 1.33. The van der Waals surface area contributed by atoms with E-state index in [-0.39, 0.29) is 24.2 Å². The Morgan fingerprint density at radius 3 is 2.30 bits per heavy atom. The van der Waals surface area contributed by atoms with Crippen LogP contribution in [-0.4, -0.2) is 63.2 Å². The Balaban J connectivity index is 1.97. The molecule has 0 unspecified atom stereocenters. The molecule has 202 valence electrons. The van der Waals surface area contributed by atoms with Crippen LogP contribution >= 0.6 is 23.2 Å². The first-order chi connectivity index (χ1) is 17.4. The van der Waals surface area contributed by atoms with Gasteiger partial charge in [-0.2, -0.15) is 0 Å². The fourth-order valence-corrected chi connectivity index (χ4v) is 5.10. The second kappa shape index (κ2) is 12.2. The van der Waals surface area contributed by atoms with E-state index in [0.29, 0.717) is 46.7 Å². The van der Waals surface area contributed by atoms with Gasteiger partial charge in [-0.15, -0.1) is 0 Å². The molecule has 37 heavy (non-hydrogen) atoms. The fraction of sp³-hybridized carbons (Fsp3) is 0.440. The summed E-state index contributed by atoms with van der Waals surface area (Å²) in [5.41, 5.74) is 0.887. The van der Waals surface area contributed by atoms with Crippen molar-refractivity contribution in [1.82, 2.24) is 10.2 Å². The molecular formula is C25H31Cl2N3O6S. The molecule has 3 rings (SSSR count). The average molecular weight is 573 g/mol. The number of benzene rings is 2. The van der Waals surface area contributed by atoms with Crippen LogP contribution in [0, 0.1) is 0 Å². The minimum Gasteiger partial charge on any atom is -0.486 e. The molecule has 1 aliphatic heterocycles. The molecule has 1 aliphatic rings. The summed E-state index contributed by atoms with van der Waals surface area (Å²) in [7, 11) is -3.88. The normalized spacial score (nSPS) is 13.7. The number of halogens is 2. The first-order valence-corrected chi connectivity index (χ1v) is 14.4. The van der Waals surface area contributed by atoms with Crippen molar-refractivity contribution in [3.8, 4) is 11.5 Å². The Kier molecular flexibility index (Phi) is 9.55. The number of rotatable bonds is 10. The summed E-state index contributed by atoms with van der Waals surface area (Å²) in [5.74, 6) is -0.0130. The van der Waals surface area contributed by atoms with Gasteiger partial charge < -0.3 is 19.7 Å². The van der Waals surface area contributed by atoms with Crippen molar-refractivity contribution in [2.45, 2.75) is 45.8 Å². The summed E-state index contributed by atoms with van der Waals surface area (Å²) in [5, 5.41) is 3.50. The summed E-state index contributed by atoms with van der Waals surface area (Å²) >= 11 is 12.2. The Morgan fingerprint density at radius 1 is 1.03 bits per heavy atom. The third-order valence-electron chi connectivity index (χ3n) is 5.65. The van der Waals surface area contributed by atoms with Gasteiger partial charge in [0, 0.05) is 18.7 Å². The molecule has 0 saturated heterocycles. The van der Waals surface area contributed by atoms with E-state index in [2.05, 4.69) is 5.32 Å². The molecule has 0 spiro atoms. The molecule has 12 heteroatoms. The zero-order valence-corrected chi connectivity index (χ0v) is 23.5. The number of sulfonamides is 1. The lowest BCUT2D eigenvalue weighted by Gasteiger charge is -2.33. The lowest BCUT2D eigenvalue weighted by Crippen LogP contribution is -2.53. The molecule has 0 aliphatic carbocycles. The van der Waals surface area contributed by atoms with E-state index in [9.17, 15) is 18.0 Å². The molecular weight excluding hydrogens is 541 g/mol. The second-order valence-electron chi connectivity index (χ2n) is 8.96. The Morgan fingerprint density at radius 2 is 1.70 bits per heavy atom. The number of carbonyl (C=O) groups excluding carboxylic acids is 2. The van der Waals surface area contributed by atoms with Crippen LogP contribution in [0.2, 0.25) is 10.0 Å². The van der Waals surface area contributed by atoms with Crippen molar-refractivity contribution in [3.63, 3.8) is 0 Å². The van der Waals surface area contributed by atoms with Gasteiger partial charge in [0.1, 0.15) is 25.8 Å². The van der Waals surface area contributed by atoms with Gasteiger partial charge in [-0.1, -0.05) is 36.2 Å². The van der Waals surface area contributed by atoms with E-state index in [1.165, 1.54) is 11.0 Å². The summed E-state index contributed by atoms with van der Waals surface area (Å²) < 4.78 is 37.7. The molecule has 0 saturated carbocycles. The molecule has 2 amide bonds. The maximum Gasteiger partial charge on any atom is 0.244 e. The van der Waals surface area contributed by atoms with Crippen molar-refractivity contribution in [1.29, 1.82) is 0 Å². The molecule has 0 radical (unpaired) electrons. The van der Waals surface area contributed by atoms with Crippen LogP contribution in [-0.2, 0) is 26.2 Å². The van der Waals surface area contributed by atoms with Crippen LogP contribution in [0.5, 0.6) is 11.5 Å². The molecule has 0 bridgehead atoms. The minimum absolute atomic E-state index is 0.0263. The van der Waals surface area contributed by atoms with E-state index in [0.717, 1.165) is 10.6 Å². The van der Waals surface area contributed by atoms with Gasteiger partial charge >= 0.3 is 0 Å². The van der Waals surface area contributed by atoms with Crippen LogP contribution in [0.1, 0.15) is 32.8 Å². The smallest absolute Gasteiger partial charge is 0.244 e. The van der Waals surface area contributed by atoms with Crippen LogP contribution in [0.15, 0.2) is 36.4 Å². The number of hydrogen-bond donors (Lipinski definition) is 1. The first kappa shape index (κ1) is 28.9. The van der Waals surface area contributed by atoms with Crippen LogP contribution < -0.4 is 19.1 Å². The number of nitrogens with one attached hydrogen (secondary N) is 1. The van der Waals surface area contributed by atoms with E-state index in [1.54, 1.807) is 37.3 Å². The summed E-state index contributed by atoms with van der Waals surface area (Å²) in [6.45, 7) is 5.65. The van der Waals surface area contributed by atoms with E-state index in [1.807, 2.05) is 13.8 Å². The van der Waals surface area contributed by atoms with Crippen LogP contribution in [0.3, 0.4) is 0 Å². The quantitative estimate of drug-likeness (QED) is 0.464. The first-order valence-electron chi connectivity index (χ1n) is 11.8. The Labute approximate surface area is 227 Å². The lowest BCUT2D eigenvalue weighted by atomic mass is 10.1. The van der Waals surface area contributed by atoms with Gasteiger partial charge in [0.15, 0.2) is 11.5 Å². The van der Waals surface area contributed by atoms with Gasteiger partial charge in [0.05, 0.1) is 22.0 Å². The summed E-state index contributed by atoms with van der Waals surface area (Å²) in [4.78, 5) is 28.1. The lowest BCUT2D eigenvalue weighted by molar-refractivity contribution is -0.140. The van der Waals surface area contributed by atoms with Gasteiger partial charge in [0.2, 0.25) is 21.8 Å². The summed E-state index contributed by atoms with van der Waals surface area (Å²) in [6, 6.07) is 8.62. The number of carbonyl (C=O) groups is 2.